The third-order valence-electron chi connectivity index (χ3n) is 3.12. The zero-order valence-electron chi connectivity index (χ0n) is 11.0. The van der Waals surface area contributed by atoms with Crippen LogP contribution in [0, 0.1) is 0 Å². The highest BCUT2D eigenvalue weighted by Crippen LogP contribution is 2.36. The third-order valence-corrected chi connectivity index (χ3v) is 3.77. The lowest BCUT2D eigenvalue weighted by molar-refractivity contribution is 0.419. The lowest BCUT2D eigenvalue weighted by Crippen LogP contribution is -1.89. The van der Waals surface area contributed by atoms with Crippen molar-refractivity contribution < 1.29 is 9.47 Å². The van der Waals surface area contributed by atoms with Crippen LogP contribution in [0.1, 0.15) is 0 Å². The molecule has 0 spiro atoms. The summed E-state index contributed by atoms with van der Waals surface area (Å²) in [7, 11) is 1.68. The van der Waals surface area contributed by atoms with Crippen LogP contribution in [0.25, 0.3) is 10.8 Å². The molecule has 0 bridgehead atoms. The molecule has 2 nitrogen and oxygen atoms in total. The molecule has 100 valence electrons. The van der Waals surface area contributed by atoms with Gasteiger partial charge in [-0.2, -0.15) is 0 Å². The van der Waals surface area contributed by atoms with Crippen molar-refractivity contribution in [3.05, 3.63) is 65.1 Å². The van der Waals surface area contributed by atoms with Gasteiger partial charge >= 0.3 is 0 Å². The Kier molecular flexibility index (Phi) is 3.61. The Balaban J connectivity index is 2.11. The second-order valence-electron chi connectivity index (χ2n) is 4.34. The number of hydrogen-bond acceptors (Lipinski definition) is 2. The molecule has 0 aliphatic rings. The molecule has 3 heteroatoms. The summed E-state index contributed by atoms with van der Waals surface area (Å²) < 4.78 is 12.3. The first-order valence-corrected chi connectivity index (χ1v) is 7.07. The quantitative estimate of drug-likeness (QED) is 0.640. The van der Waals surface area contributed by atoms with E-state index in [2.05, 4.69) is 15.9 Å². The largest absolute Gasteiger partial charge is 0.496 e. The van der Waals surface area contributed by atoms with Crippen LogP contribution in [0.2, 0.25) is 0 Å². The SMILES string of the molecule is COc1cccc2c(Oc3ccccc3Br)cccc12. The highest BCUT2D eigenvalue weighted by molar-refractivity contribution is 9.10. The summed E-state index contributed by atoms with van der Waals surface area (Å²) in [4.78, 5) is 0. The molecular weight excluding hydrogens is 316 g/mol. The number of hydrogen-bond donors (Lipinski definition) is 0. The highest BCUT2D eigenvalue weighted by Gasteiger charge is 2.08. The second-order valence-corrected chi connectivity index (χ2v) is 5.20. The van der Waals surface area contributed by atoms with E-state index < -0.39 is 0 Å². The van der Waals surface area contributed by atoms with Crippen LogP contribution in [-0.2, 0) is 0 Å². The van der Waals surface area contributed by atoms with Crippen molar-refractivity contribution in [1.29, 1.82) is 0 Å². The first kappa shape index (κ1) is 13.0. The van der Waals surface area contributed by atoms with Gasteiger partial charge < -0.3 is 9.47 Å². The number of para-hydroxylation sites is 1. The highest BCUT2D eigenvalue weighted by atomic mass is 79.9. The summed E-state index contributed by atoms with van der Waals surface area (Å²) in [6.07, 6.45) is 0. The fourth-order valence-corrected chi connectivity index (χ4v) is 2.53. The molecule has 0 saturated carbocycles. The molecule has 0 unspecified atom stereocenters. The van der Waals surface area contributed by atoms with Crippen molar-refractivity contribution >= 4 is 26.7 Å². The van der Waals surface area contributed by atoms with E-state index in [9.17, 15) is 0 Å². The maximum absolute atomic E-state index is 6.02. The monoisotopic (exact) mass is 328 g/mol. The Labute approximate surface area is 126 Å². The Morgan fingerprint density at radius 2 is 1.30 bits per heavy atom. The summed E-state index contributed by atoms with van der Waals surface area (Å²) in [5.41, 5.74) is 0. The van der Waals surface area contributed by atoms with Gasteiger partial charge in [0.05, 0.1) is 11.6 Å². The van der Waals surface area contributed by atoms with Crippen LogP contribution in [0.15, 0.2) is 65.1 Å². The molecule has 0 aliphatic heterocycles. The Morgan fingerprint density at radius 1 is 0.700 bits per heavy atom. The molecule has 3 aromatic rings. The Morgan fingerprint density at radius 3 is 2.00 bits per heavy atom. The van der Waals surface area contributed by atoms with Crippen molar-refractivity contribution in [2.24, 2.45) is 0 Å². The Hall–Kier alpha value is -2.00. The summed E-state index contributed by atoms with van der Waals surface area (Å²) in [5, 5.41) is 2.07. The molecule has 0 saturated heterocycles. The van der Waals surface area contributed by atoms with Gasteiger partial charge in [-0.05, 0) is 40.2 Å². The van der Waals surface area contributed by atoms with Crippen LogP contribution >= 0.6 is 15.9 Å². The molecule has 0 N–H and O–H groups in total. The maximum Gasteiger partial charge on any atom is 0.141 e. The zero-order chi connectivity index (χ0) is 13.9. The van der Waals surface area contributed by atoms with Gasteiger partial charge in [-0.3, -0.25) is 0 Å². The van der Waals surface area contributed by atoms with Crippen LogP contribution in [0.5, 0.6) is 17.2 Å². The van der Waals surface area contributed by atoms with Crippen molar-refractivity contribution in [3.63, 3.8) is 0 Å². The average molecular weight is 329 g/mol. The van der Waals surface area contributed by atoms with Crippen molar-refractivity contribution in [2.75, 3.05) is 7.11 Å². The van der Waals surface area contributed by atoms with E-state index in [1.165, 1.54) is 0 Å². The minimum absolute atomic E-state index is 0.794. The van der Waals surface area contributed by atoms with Gasteiger partial charge in [-0.15, -0.1) is 0 Å². The van der Waals surface area contributed by atoms with Crippen LogP contribution in [0.3, 0.4) is 0 Å². The lowest BCUT2D eigenvalue weighted by Gasteiger charge is -2.12. The molecule has 0 heterocycles. The van der Waals surface area contributed by atoms with E-state index in [1.807, 2.05) is 60.7 Å². The van der Waals surface area contributed by atoms with Crippen LogP contribution in [-0.4, -0.2) is 7.11 Å². The summed E-state index contributed by atoms with van der Waals surface area (Å²) >= 11 is 3.50. The van der Waals surface area contributed by atoms with E-state index in [1.54, 1.807) is 7.11 Å². The van der Waals surface area contributed by atoms with Gasteiger partial charge in [0.15, 0.2) is 0 Å². The van der Waals surface area contributed by atoms with E-state index in [4.69, 9.17) is 9.47 Å². The van der Waals surface area contributed by atoms with E-state index in [-0.39, 0.29) is 0 Å². The minimum Gasteiger partial charge on any atom is -0.496 e. The zero-order valence-corrected chi connectivity index (χ0v) is 12.6. The first-order chi connectivity index (χ1) is 9.79. The lowest BCUT2D eigenvalue weighted by atomic mass is 10.1. The standard InChI is InChI=1S/C17H13BrO2/c1-19-15-10-4-7-13-12(15)6-5-11-16(13)20-17-9-3-2-8-14(17)18/h2-11H,1H3. The van der Waals surface area contributed by atoms with E-state index >= 15 is 0 Å². The molecule has 0 aromatic heterocycles. The van der Waals surface area contributed by atoms with E-state index in [0.29, 0.717) is 0 Å². The molecule has 3 aromatic carbocycles. The molecule has 0 aliphatic carbocycles. The average Bonchev–Trinajstić information content (AvgIpc) is 2.49. The molecule has 20 heavy (non-hydrogen) atoms. The normalized spacial score (nSPS) is 10.5. The van der Waals surface area contributed by atoms with Crippen molar-refractivity contribution in [3.8, 4) is 17.2 Å². The topological polar surface area (TPSA) is 18.5 Å². The number of fused-ring (bicyclic) bond motifs is 1. The molecular formula is C17H13BrO2. The molecule has 0 fully saturated rings. The minimum atomic E-state index is 0.794. The summed E-state index contributed by atoms with van der Waals surface area (Å²) in [5.74, 6) is 2.45. The van der Waals surface area contributed by atoms with Gasteiger partial charge in [0, 0.05) is 10.8 Å². The predicted molar refractivity (Wildman–Crippen MR) is 84.7 cm³/mol. The third kappa shape index (κ3) is 2.37. The van der Waals surface area contributed by atoms with Crippen molar-refractivity contribution in [2.45, 2.75) is 0 Å². The number of halogens is 1. The second kappa shape index (κ2) is 5.55. The summed E-state index contributed by atoms with van der Waals surface area (Å²) in [6.45, 7) is 0. The predicted octanol–water partition coefficient (Wildman–Crippen LogP) is 5.40. The number of rotatable bonds is 3. The molecule has 3 rings (SSSR count). The molecule has 0 radical (unpaired) electrons. The van der Waals surface area contributed by atoms with Crippen LogP contribution < -0.4 is 9.47 Å². The van der Waals surface area contributed by atoms with Gasteiger partial charge in [-0.1, -0.05) is 36.4 Å². The van der Waals surface area contributed by atoms with Gasteiger partial charge in [0.25, 0.3) is 0 Å². The smallest absolute Gasteiger partial charge is 0.141 e. The fourth-order valence-electron chi connectivity index (χ4n) is 2.17. The summed E-state index contributed by atoms with van der Waals surface area (Å²) in [6, 6.07) is 19.7. The van der Waals surface area contributed by atoms with Gasteiger partial charge in [-0.25, -0.2) is 0 Å². The molecule has 0 atom stereocenters. The Bertz CT molecular complexity index is 753. The van der Waals surface area contributed by atoms with Gasteiger partial charge in [0.2, 0.25) is 0 Å². The van der Waals surface area contributed by atoms with Gasteiger partial charge in [0.1, 0.15) is 17.2 Å². The van der Waals surface area contributed by atoms with Crippen LogP contribution in [0.4, 0.5) is 0 Å². The van der Waals surface area contributed by atoms with E-state index in [0.717, 1.165) is 32.5 Å². The molecule has 0 amide bonds. The maximum atomic E-state index is 6.02. The fraction of sp³-hybridized carbons (Fsp3) is 0.0588. The number of methoxy groups -OCH3 is 1. The van der Waals surface area contributed by atoms with Crippen molar-refractivity contribution in [1.82, 2.24) is 0 Å². The number of ether oxygens (including phenoxy) is 2. The number of benzene rings is 3. The first-order valence-electron chi connectivity index (χ1n) is 6.27.